The van der Waals surface area contributed by atoms with Gasteiger partial charge in [-0.25, -0.2) is 0 Å². The smallest absolute Gasteiger partial charge is 0.0547 e. The number of hydrogen-bond donors (Lipinski definition) is 0. The quantitative estimate of drug-likeness (QED) is 0.156. The van der Waals surface area contributed by atoms with Crippen molar-refractivity contribution in [2.45, 2.75) is 0 Å². The topological polar surface area (TPSA) is 8.17 Å². The van der Waals surface area contributed by atoms with Crippen LogP contribution >= 0.6 is 11.3 Å². The molecule has 0 bridgehead atoms. The number of thiophene rings is 1. The fourth-order valence-electron chi connectivity index (χ4n) is 9.18. The molecule has 0 fully saturated rings. The van der Waals surface area contributed by atoms with Gasteiger partial charge in [0.2, 0.25) is 0 Å². The second-order valence-electron chi connectivity index (χ2n) is 15.7. The van der Waals surface area contributed by atoms with Gasteiger partial charge in [-0.3, -0.25) is 0 Å². The molecule has 0 unspecified atom stereocenters. The third kappa shape index (κ3) is 6.09. The van der Waals surface area contributed by atoms with E-state index in [2.05, 4.69) is 240 Å². The van der Waals surface area contributed by atoms with Gasteiger partial charge in [-0.2, -0.15) is 0 Å². The molecule has 10 aromatic carbocycles. The molecule has 0 radical (unpaired) electrons. The molecule has 0 aliphatic heterocycles. The fourth-order valence-corrected chi connectivity index (χ4v) is 10.4. The maximum absolute atomic E-state index is 2.40. The predicted octanol–water partition coefficient (Wildman–Crippen LogP) is 16.8. The van der Waals surface area contributed by atoms with Crippen LogP contribution in [0.25, 0.3) is 91.8 Å². The minimum Gasteiger partial charge on any atom is -0.311 e. The van der Waals surface area contributed by atoms with Crippen LogP contribution in [-0.4, -0.2) is 4.57 Å². The van der Waals surface area contributed by atoms with Gasteiger partial charge in [0, 0.05) is 53.7 Å². The first-order valence-electron chi connectivity index (χ1n) is 20.8. The Hall–Kier alpha value is -7.72. The van der Waals surface area contributed by atoms with Crippen molar-refractivity contribution in [1.82, 2.24) is 4.57 Å². The average molecular weight is 795 g/mol. The first-order valence-corrected chi connectivity index (χ1v) is 21.6. The standard InChI is InChI=1S/C58H38N2S/c1-2-11-39(12-3-1)40-21-29-46(30-22-40)59(48-35-27-43(28-36-48)50-17-10-18-53-52-16-7-9-20-57(52)61-58(50)53)47-31-23-41(24-32-47)42-25-33-49(34-26-42)60-55-19-8-6-15-51(55)54-37-44-13-4-5-14-45(44)38-56(54)60/h1-38H. The van der Waals surface area contributed by atoms with Gasteiger partial charge in [-0.05, 0) is 117 Å². The van der Waals surface area contributed by atoms with Gasteiger partial charge in [0.1, 0.15) is 0 Å². The number of rotatable bonds is 7. The van der Waals surface area contributed by atoms with Crippen LogP contribution in [0.5, 0.6) is 0 Å². The summed E-state index contributed by atoms with van der Waals surface area (Å²) in [5, 5.41) is 7.69. The average Bonchev–Trinajstić information content (AvgIpc) is 3.87. The highest BCUT2D eigenvalue weighted by Crippen LogP contribution is 2.42. The summed E-state index contributed by atoms with van der Waals surface area (Å²) in [5.74, 6) is 0. The molecule has 0 saturated carbocycles. The van der Waals surface area contributed by atoms with E-state index in [0.717, 1.165) is 22.7 Å². The van der Waals surface area contributed by atoms with Crippen molar-refractivity contribution in [2.75, 3.05) is 4.90 Å². The zero-order valence-corrected chi connectivity index (χ0v) is 34.1. The molecule has 0 spiro atoms. The Labute approximate surface area is 358 Å². The van der Waals surface area contributed by atoms with Crippen LogP contribution in [-0.2, 0) is 0 Å². The van der Waals surface area contributed by atoms with E-state index in [4.69, 9.17) is 0 Å². The van der Waals surface area contributed by atoms with Crippen molar-refractivity contribution in [3.05, 3.63) is 231 Å². The molecule has 0 aliphatic carbocycles. The Bertz CT molecular complexity index is 3540. The summed E-state index contributed by atoms with van der Waals surface area (Å²) in [7, 11) is 0. The Morgan fingerprint density at radius 3 is 1.51 bits per heavy atom. The zero-order valence-electron chi connectivity index (χ0n) is 33.2. The maximum Gasteiger partial charge on any atom is 0.0547 e. The van der Waals surface area contributed by atoms with Gasteiger partial charge in [0.25, 0.3) is 0 Å². The summed E-state index contributed by atoms with van der Waals surface area (Å²) >= 11 is 1.88. The van der Waals surface area contributed by atoms with Gasteiger partial charge in [0.15, 0.2) is 0 Å². The van der Waals surface area contributed by atoms with Crippen LogP contribution in [0.15, 0.2) is 231 Å². The lowest BCUT2D eigenvalue weighted by Crippen LogP contribution is -2.09. The molecule has 2 nitrogen and oxygen atoms in total. The fraction of sp³-hybridized carbons (Fsp3) is 0. The number of aromatic nitrogens is 1. The summed E-state index contributed by atoms with van der Waals surface area (Å²) in [6, 6.07) is 84.0. The molecule has 0 saturated heterocycles. The number of para-hydroxylation sites is 1. The molecule has 286 valence electrons. The van der Waals surface area contributed by atoms with Crippen LogP contribution in [0.4, 0.5) is 17.1 Å². The Balaban J connectivity index is 0.899. The lowest BCUT2D eigenvalue weighted by atomic mass is 10.0. The Morgan fingerprint density at radius 1 is 0.328 bits per heavy atom. The SMILES string of the molecule is c1ccc(-c2ccc(N(c3ccc(-c4ccc(-n5c6ccccc6c6cc7ccccc7cc65)cc4)cc3)c3ccc(-c4cccc5c4sc4ccccc45)cc3)cc2)cc1. The van der Waals surface area contributed by atoms with E-state index in [1.807, 2.05) is 11.3 Å². The third-order valence-electron chi connectivity index (χ3n) is 12.2. The van der Waals surface area contributed by atoms with Gasteiger partial charge in [-0.15, -0.1) is 11.3 Å². The van der Waals surface area contributed by atoms with E-state index < -0.39 is 0 Å². The molecule has 2 aromatic heterocycles. The molecule has 3 heteroatoms. The molecule has 2 heterocycles. The minimum absolute atomic E-state index is 1.10. The second kappa shape index (κ2) is 14.5. The first kappa shape index (κ1) is 35.2. The number of hydrogen-bond acceptors (Lipinski definition) is 2. The van der Waals surface area contributed by atoms with Crippen LogP contribution in [0.2, 0.25) is 0 Å². The second-order valence-corrected chi connectivity index (χ2v) is 16.8. The lowest BCUT2D eigenvalue weighted by molar-refractivity contribution is 1.18. The molecule has 61 heavy (non-hydrogen) atoms. The third-order valence-corrected chi connectivity index (χ3v) is 13.4. The van der Waals surface area contributed by atoms with E-state index in [-0.39, 0.29) is 0 Å². The van der Waals surface area contributed by atoms with Crippen LogP contribution in [0.1, 0.15) is 0 Å². The molecule has 0 amide bonds. The van der Waals surface area contributed by atoms with Gasteiger partial charge in [-0.1, -0.05) is 158 Å². The minimum atomic E-state index is 1.10. The van der Waals surface area contributed by atoms with E-state index in [9.17, 15) is 0 Å². The Morgan fingerprint density at radius 2 is 0.836 bits per heavy atom. The van der Waals surface area contributed by atoms with Crippen molar-refractivity contribution < 1.29 is 0 Å². The van der Waals surface area contributed by atoms with E-state index >= 15 is 0 Å². The summed E-state index contributed by atoms with van der Waals surface area (Å²) in [5.41, 5.74) is 14.2. The maximum atomic E-state index is 2.40. The zero-order chi connectivity index (χ0) is 40.3. The molecule has 0 N–H and O–H groups in total. The highest BCUT2D eigenvalue weighted by Gasteiger charge is 2.17. The van der Waals surface area contributed by atoms with Gasteiger partial charge in [0.05, 0.1) is 11.0 Å². The van der Waals surface area contributed by atoms with Gasteiger partial charge < -0.3 is 9.47 Å². The lowest BCUT2D eigenvalue weighted by Gasteiger charge is -2.26. The molecule has 12 rings (SSSR count). The van der Waals surface area contributed by atoms with E-state index in [1.54, 1.807) is 0 Å². The molecule has 0 atom stereocenters. The summed E-state index contributed by atoms with van der Waals surface area (Å²) in [6.07, 6.45) is 0. The van der Waals surface area contributed by atoms with Crippen molar-refractivity contribution in [3.8, 4) is 39.1 Å². The number of anilines is 3. The summed E-state index contributed by atoms with van der Waals surface area (Å²) in [6.45, 7) is 0. The monoisotopic (exact) mass is 794 g/mol. The highest BCUT2D eigenvalue weighted by atomic mass is 32.1. The number of benzene rings is 10. The van der Waals surface area contributed by atoms with Crippen molar-refractivity contribution in [3.63, 3.8) is 0 Å². The summed E-state index contributed by atoms with van der Waals surface area (Å²) in [4.78, 5) is 2.36. The van der Waals surface area contributed by atoms with Crippen LogP contribution in [0, 0.1) is 0 Å². The van der Waals surface area contributed by atoms with Gasteiger partial charge >= 0.3 is 0 Å². The molecule has 0 aliphatic rings. The van der Waals surface area contributed by atoms with Crippen LogP contribution < -0.4 is 4.90 Å². The Kier molecular flexibility index (Phi) is 8.39. The predicted molar refractivity (Wildman–Crippen MR) is 262 cm³/mol. The van der Waals surface area contributed by atoms with Crippen molar-refractivity contribution in [2.24, 2.45) is 0 Å². The molecular weight excluding hydrogens is 757 g/mol. The molecular formula is C58H38N2S. The summed E-state index contributed by atoms with van der Waals surface area (Å²) < 4.78 is 5.05. The normalized spacial score (nSPS) is 11.6. The number of fused-ring (bicyclic) bond motifs is 7. The number of nitrogens with zero attached hydrogens (tertiary/aromatic N) is 2. The highest BCUT2D eigenvalue weighted by molar-refractivity contribution is 7.26. The largest absolute Gasteiger partial charge is 0.311 e. The van der Waals surface area contributed by atoms with Crippen LogP contribution in [0.3, 0.4) is 0 Å². The van der Waals surface area contributed by atoms with E-state index in [1.165, 1.54) is 86.1 Å². The molecule has 12 aromatic rings. The van der Waals surface area contributed by atoms with E-state index in [0.29, 0.717) is 0 Å². The van der Waals surface area contributed by atoms with Crippen molar-refractivity contribution >= 4 is 81.1 Å². The van der Waals surface area contributed by atoms with Crippen molar-refractivity contribution in [1.29, 1.82) is 0 Å². The first-order chi connectivity index (χ1) is 30.2.